The van der Waals surface area contributed by atoms with E-state index in [4.69, 9.17) is 21.1 Å². The Hall–Kier alpha value is -2.93. The van der Waals surface area contributed by atoms with E-state index in [1.54, 1.807) is 37.4 Å². The van der Waals surface area contributed by atoms with Crippen LogP contribution in [0.4, 0.5) is 5.69 Å². The maximum absolute atomic E-state index is 12.3. The van der Waals surface area contributed by atoms with Crippen molar-refractivity contribution in [3.8, 4) is 11.5 Å². The van der Waals surface area contributed by atoms with Gasteiger partial charge in [0.2, 0.25) is 5.91 Å². The minimum Gasteiger partial charge on any atom is -0.495 e. The molecule has 8 heteroatoms. The largest absolute Gasteiger partial charge is 0.495 e. The van der Waals surface area contributed by atoms with Gasteiger partial charge in [0, 0.05) is 29.7 Å². The number of nitrogens with one attached hydrogen (secondary N) is 2. The number of hydrogen-bond acceptors (Lipinski definition) is 5. The Labute approximate surface area is 181 Å². The molecule has 1 heterocycles. The van der Waals surface area contributed by atoms with Crippen LogP contribution in [0.15, 0.2) is 42.5 Å². The van der Waals surface area contributed by atoms with E-state index >= 15 is 0 Å². The standard InChI is InChI=1S/C22H26ClN3O4/c1-3-30-18-7-4-15(5-8-18)22(28)24-13-21(27)25-17-10-11-26(14-17)19-12-16(23)6-9-20(19)29-2/h4-9,12,17H,3,10-11,13-14H2,1-2H3,(H,24,28)(H,25,27). The van der Waals surface area contributed by atoms with Crippen molar-refractivity contribution in [1.82, 2.24) is 10.6 Å². The van der Waals surface area contributed by atoms with Crippen LogP contribution in [0.3, 0.4) is 0 Å². The highest BCUT2D eigenvalue weighted by Crippen LogP contribution is 2.33. The lowest BCUT2D eigenvalue weighted by atomic mass is 10.2. The van der Waals surface area contributed by atoms with E-state index in [9.17, 15) is 9.59 Å². The summed E-state index contributed by atoms with van der Waals surface area (Å²) in [5.74, 6) is 0.923. The summed E-state index contributed by atoms with van der Waals surface area (Å²) in [6.07, 6.45) is 0.800. The molecule has 1 aliphatic heterocycles. The predicted molar refractivity (Wildman–Crippen MR) is 117 cm³/mol. The average molecular weight is 432 g/mol. The Bertz CT molecular complexity index is 888. The highest BCUT2D eigenvalue weighted by Gasteiger charge is 2.26. The molecule has 0 aromatic heterocycles. The number of ether oxygens (including phenoxy) is 2. The van der Waals surface area contributed by atoms with Crippen molar-refractivity contribution in [3.63, 3.8) is 0 Å². The summed E-state index contributed by atoms with van der Waals surface area (Å²) in [6, 6.07) is 12.3. The number of carbonyl (C=O) groups excluding carboxylic acids is 2. The number of anilines is 1. The molecule has 3 rings (SSSR count). The van der Waals surface area contributed by atoms with Gasteiger partial charge in [0.05, 0.1) is 25.9 Å². The number of rotatable bonds is 8. The first-order valence-electron chi connectivity index (χ1n) is 9.89. The monoisotopic (exact) mass is 431 g/mol. The predicted octanol–water partition coefficient (Wildman–Crippen LogP) is 2.87. The summed E-state index contributed by atoms with van der Waals surface area (Å²) in [5, 5.41) is 6.26. The van der Waals surface area contributed by atoms with Gasteiger partial charge in [0.15, 0.2) is 0 Å². The smallest absolute Gasteiger partial charge is 0.251 e. The minimum absolute atomic E-state index is 0.0106. The summed E-state index contributed by atoms with van der Waals surface area (Å²) in [6.45, 7) is 3.81. The Kier molecular flexibility index (Phi) is 7.41. The molecule has 1 unspecified atom stereocenters. The first-order valence-corrected chi connectivity index (χ1v) is 10.3. The van der Waals surface area contributed by atoms with Gasteiger partial charge >= 0.3 is 0 Å². The van der Waals surface area contributed by atoms with E-state index in [2.05, 4.69) is 15.5 Å². The zero-order valence-corrected chi connectivity index (χ0v) is 17.9. The van der Waals surface area contributed by atoms with Crippen molar-refractivity contribution in [1.29, 1.82) is 0 Å². The van der Waals surface area contributed by atoms with Crippen LogP contribution in [0.25, 0.3) is 0 Å². The van der Waals surface area contributed by atoms with E-state index in [0.717, 1.165) is 24.4 Å². The molecule has 1 aliphatic rings. The molecule has 0 radical (unpaired) electrons. The second kappa shape index (κ2) is 10.2. The molecule has 0 spiro atoms. The number of carbonyl (C=O) groups is 2. The molecule has 0 aliphatic carbocycles. The molecule has 2 aromatic rings. The molecule has 1 fully saturated rings. The Morgan fingerprint density at radius 2 is 1.97 bits per heavy atom. The number of benzene rings is 2. The zero-order valence-electron chi connectivity index (χ0n) is 17.1. The average Bonchev–Trinajstić information content (AvgIpc) is 3.21. The maximum Gasteiger partial charge on any atom is 0.251 e. The van der Waals surface area contributed by atoms with Gasteiger partial charge < -0.3 is 25.0 Å². The third-order valence-electron chi connectivity index (χ3n) is 4.87. The summed E-state index contributed by atoms with van der Waals surface area (Å²) >= 11 is 6.12. The molecule has 1 atom stereocenters. The number of amides is 2. The minimum atomic E-state index is -0.301. The van der Waals surface area contributed by atoms with Crippen molar-refractivity contribution in [2.75, 3.05) is 38.3 Å². The molecule has 7 nitrogen and oxygen atoms in total. The van der Waals surface area contributed by atoms with Crippen molar-refractivity contribution < 1.29 is 19.1 Å². The van der Waals surface area contributed by atoms with E-state index in [0.29, 0.717) is 29.5 Å². The fraction of sp³-hybridized carbons (Fsp3) is 0.364. The number of nitrogens with zero attached hydrogens (tertiary/aromatic N) is 1. The lowest BCUT2D eigenvalue weighted by Gasteiger charge is -2.21. The lowest BCUT2D eigenvalue weighted by Crippen LogP contribution is -2.43. The fourth-order valence-electron chi connectivity index (χ4n) is 3.42. The molecular formula is C22H26ClN3O4. The van der Waals surface area contributed by atoms with Crippen molar-refractivity contribution in [2.45, 2.75) is 19.4 Å². The quantitative estimate of drug-likeness (QED) is 0.671. The third kappa shape index (κ3) is 5.57. The highest BCUT2D eigenvalue weighted by atomic mass is 35.5. The normalized spacial score (nSPS) is 15.6. The lowest BCUT2D eigenvalue weighted by molar-refractivity contribution is -0.120. The molecule has 2 aromatic carbocycles. The van der Waals surface area contributed by atoms with Gasteiger partial charge in [0.1, 0.15) is 11.5 Å². The van der Waals surface area contributed by atoms with E-state index in [-0.39, 0.29) is 24.4 Å². The second-order valence-corrected chi connectivity index (χ2v) is 7.39. The van der Waals surface area contributed by atoms with Crippen molar-refractivity contribution in [2.24, 2.45) is 0 Å². The van der Waals surface area contributed by atoms with Crippen LogP contribution in [0.1, 0.15) is 23.7 Å². The van der Waals surface area contributed by atoms with Crippen molar-refractivity contribution in [3.05, 3.63) is 53.1 Å². The zero-order chi connectivity index (χ0) is 21.5. The van der Waals surface area contributed by atoms with Gasteiger partial charge in [-0.15, -0.1) is 0 Å². The third-order valence-corrected chi connectivity index (χ3v) is 5.11. The van der Waals surface area contributed by atoms with Gasteiger partial charge in [-0.1, -0.05) is 11.6 Å². The Balaban J connectivity index is 1.48. The molecule has 30 heavy (non-hydrogen) atoms. The Morgan fingerprint density at radius 1 is 1.20 bits per heavy atom. The SMILES string of the molecule is CCOc1ccc(C(=O)NCC(=O)NC2CCN(c3cc(Cl)ccc3OC)C2)cc1. The van der Waals surface area contributed by atoms with Crippen LogP contribution in [-0.4, -0.2) is 51.2 Å². The van der Waals surface area contributed by atoms with Crippen LogP contribution in [0.5, 0.6) is 11.5 Å². The van der Waals surface area contributed by atoms with Crippen LogP contribution < -0.4 is 25.0 Å². The molecular weight excluding hydrogens is 406 g/mol. The molecule has 0 saturated carbocycles. The number of methoxy groups -OCH3 is 1. The van der Waals surface area contributed by atoms with Gasteiger partial charge in [-0.2, -0.15) is 0 Å². The molecule has 2 amide bonds. The van der Waals surface area contributed by atoms with Crippen LogP contribution in [0.2, 0.25) is 5.02 Å². The molecule has 160 valence electrons. The van der Waals surface area contributed by atoms with E-state index < -0.39 is 0 Å². The Morgan fingerprint density at radius 3 is 2.67 bits per heavy atom. The summed E-state index contributed by atoms with van der Waals surface area (Å²) in [4.78, 5) is 26.6. The molecule has 2 N–H and O–H groups in total. The van der Waals surface area contributed by atoms with E-state index in [1.807, 2.05) is 19.1 Å². The summed E-state index contributed by atoms with van der Waals surface area (Å²) < 4.78 is 10.8. The molecule has 0 bridgehead atoms. The molecule has 1 saturated heterocycles. The second-order valence-electron chi connectivity index (χ2n) is 6.96. The van der Waals surface area contributed by atoms with Gasteiger partial charge in [-0.3, -0.25) is 9.59 Å². The topological polar surface area (TPSA) is 79.9 Å². The first-order chi connectivity index (χ1) is 14.5. The summed E-state index contributed by atoms with van der Waals surface area (Å²) in [7, 11) is 1.62. The number of halogens is 1. The van der Waals surface area contributed by atoms with Crippen molar-refractivity contribution >= 4 is 29.1 Å². The highest BCUT2D eigenvalue weighted by molar-refractivity contribution is 6.30. The van der Waals surface area contributed by atoms with E-state index in [1.165, 1.54) is 0 Å². The maximum atomic E-state index is 12.3. The van der Waals surface area contributed by atoms with Gasteiger partial charge in [-0.25, -0.2) is 0 Å². The number of hydrogen-bond donors (Lipinski definition) is 2. The van der Waals surface area contributed by atoms with Gasteiger partial charge in [0.25, 0.3) is 5.91 Å². The summed E-state index contributed by atoms with van der Waals surface area (Å²) in [5.41, 5.74) is 1.39. The first kappa shape index (κ1) is 21.8. The van der Waals surface area contributed by atoms with Gasteiger partial charge in [-0.05, 0) is 55.8 Å². The van der Waals surface area contributed by atoms with Crippen LogP contribution in [0, 0.1) is 0 Å². The van der Waals surface area contributed by atoms with Crippen LogP contribution in [-0.2, 0) is 4.79 Å². The van der Waals surface area contributed by atoms with Crippen LogP contribution >= 0.6 is 11.6 Å². The fourth-order valence-corrected chi connectivity index (χ4v) is 3.58.